The molecule has 134 valence electrons. The number of anilines is 1. The fraction of sp³-hybridized carbons (Fsp3) is 0.316. The highest BCUT2D eigenvalue weighted by Crippen LogP contribution is 2.20. The Balaban J connectivity index is 2.16. The summed E-state index contributed by atoms with van der Waals surface area (Å²) in [5.74, 6) is -0.371. The zero-order chi connectivity index (χ0) is 18.8. The maximum absolute atomic E-state index is 12.7. The molecule has 0 aliphatic carbocycles. The second-order valence-electron chi connectivity index (χ2n) is 6.40. The molecule has 5 nitrogen and oxygen atoms in total. The summed E-state index contributed by atoms with van der Waals surface area (Å²) in [6.07, 6.45) is 0. The predicted molar refractivity (Wildman–Crippen MR) is 100 cm³/mol. The summed E-state index contributed by atoms with van der Waals surface area (Å²) in [6, 6.07) is 10.9. The lowest BCUT2D eigenvalue weighted by atomic mass is 10.1. The summed E-state index contributed by atoms with van der Waals surface area (Å²) in [5, 5.41) is 2.78. The van der Waals surface area contributed by atoms with Gasteiger partial charge in [0.15, 0.2) is 0 Å². The molecule has 1 amide bonds. The van der Waals surface area contributed by atoms with Gasteiger partial charge < -0.3 is 5.32 Å². The Kier molecular flexibility index (Phi) is 5.65. The largest absolute Gasteiger partial charge is 0.325 e. The minimum absolute atomic E-state index is 0.222. The van der Waals surface area contributed by atoms with Gasteiger partial charge in [0.25, 0.3) is 0 Å². The molecule has 1 N–H and O–H groups in total. The molecule has 0 radical (unpaired) electrons. The van der Waals surface area contributed by atoms with Gasteiger partial charge in [-0.25, -0.2) is 8.42 Å². The van der Waals surface area contributed by atoms with Crippen molar-refractivity contribution in [2.75, 3.05) is 18.9 Å². The van der Waals surface area contributed by atoms with E-state index in [9.17, 15) is 13.2 Å². The van der Waals surface area contributed by atoms with Gasteiger partial charge in [-0.2, -0.15) is 4.31 Å². The monoisotopic (exact) mass is 360 g/mol. The molecular formula is C19H24N2O3S. The van der Waals surface area contributed by atoms with E-state index >= 15 is 0 Å². The Bertz CT molecular complexity index is 905. The molecule has 0 heterocycles. The van der Waals surface area contributed by atoms with E-state index in [1.54, 1.807) is 19.1 Å². The third-order valence-electron chi connectivity index (χ3n) is 4.05. The third kappa shape index (κ3) is 4.46. The summed E-state index contributed by atoms with van der Waals surface area (Å²) >= 11 is 0. The molecule has 25 heavy (non-hydrogen) atoms. The van der Waals surface area contributed by atoms with Crippen LogP contribution >= 0.6 is 0 Å². The van der Waals surface area contributed by atoms with Crippen LogP contribution < -0.4 is 5.32 Å². The Morgan fingerprint density at radius 2 is 1.56 bits per heavy atom. The molecule has 2 rings (SSSR count). The maximum atomic E-state index is 12.7. The zero-order valence-electron chi connectivity index (χ0n) is 15.3. The minimum atomic E-state index is -3.72. The molecule has 6 heteroatoms. The first-order valence-corrected chi connectivity index (χ1v) is 9.46. The molecule has 0 fully saturated rings. The zero-order valence-corrected chi connectivity index (χ0v) is 16.1. The van der Waals surface area contributed by atoms with Crippen LogP contribution in [-0.4, -0.2) is 32.2 Å². The second-order valence-corrected chi connectivity index (χ2v) is 8.41. The van der Waals surface area contributed by atoms with Crippen molar-refractivity contribution in [1.82, 2.24) is 4.31 Å². The number of rotatable bonds is 5. The van der Waals surface area contributed by atoms with E-state index < -0.39 is 10.0 Å². The van der Waals surface area contributed by atoms with Crippen molar-refractivity contribution in [3.63, 3.8) is 0 Å². The van der Waals surface area contributed by atoms with Crippen molar-refractivity contribution < 1.29 is 13.2 Å². The van der Waals surface area contributed by atoms with E-state index in [4.69, 9.17) is 0 Å². The normalized spacial score (nSPS) is 11.6. The quantitative estimate of drug-likeness (QED) is 0.890. The van der Waals surface area contributed by atoms with Crippen LogP contribution in [0.2, 0.25) is 0 Å². The number of carbonyl (C=O) groups excluding carboxylic acids is 1. The summed E-state index contributed by atoms with van der Waals surface area (Å²) in [5.41, 5.74) is 4.31. The fourth-order valence-corrected chi connectivity index (χ4v) is 3.93. The SMILES string of the molecule is Cc1ccc(S(=O)(=O)N(C)CC(=O)Nc2cc(C)ccc2C)c(C)c1. The highest BCUT2D eigenvalue weighted by molar-refractivity contribution is 7.89. The van der Waals surface area contributed by atoms with Crippen molar-refractivity contribution in [2.24, 2.45) is 0 Å². The Morgan fingerprint density at radius 1 is 0.960 bits per heavy atom. The van der Waals surface area contributed by atoms with E-state index in [2.05, 4.69) is 5.32 Å². The van der Waals surface area contributed by atoms with Gasteiger partial charge >= 0.3 is 0 Å². The average molecular weight is 360 g/mol. The lowest BCUT2D eigenvalue weighted by Gasteiger charge is -2.19. The molecule has 0 bridgehead atoms. The molecule has 0 saturated carbocycles. The molecule has 0 saturated heterocycles. The van der Waals surface area contributed by atoms with E-state index in [0.717, 1.165) is 21.0 Å². The van der Waals surface area contributed by atoms with Gasteiger partial charge in [-0.3, -0.25) is 4.79 Å². The molecule has 0 spiro atoms. The molecule has 0 aliphatic heterocycles. The summed E-state index contributed by atoms with van der Waals surface area (Å²) in [6.45, 7) is 7.24. The number of nitrogens with one attached hydrogen (secondary N) is 1. The average Bonchev–Trinajstić information content (AvgIpc) is 2.50. The van der Waals surface area contributed by atoms with Crippen LogP contribution in [0, 0.1) is 27.7 Å². The number of sulfonamides is 1. The van der Waals surface area contributed by atoms with Gasteiger partial charge in [0.1, 0.15) is 0 Å². The van der Waals surface area contributed by atoms with Gasteiger partial charge in [-0.15, -0.1) is 0 Å². The minimum Gasteiger partial charge on any atom is -0.325 e. The van der Waals surface area contributed by atoms with Gasteiger partial charge in [-0.05, 0) is 56.5 Å². The molecule has 0 unspecified atom stereocenters. The summed E-state index contributed by atoms with van der Waals surface area (Å²) < 4.78 is 26.5. The maximum Gasteiger partial charge on any atom is 0.243 e. The number of nitrogens with zero attached hydrogens (tertiary/aromatic N) is 1. The number of amides is 1. The number of carbonyl (C=O) groups is 1. The van der Waals surface area contributed by atoms with Gasteiger partial charge in [0.05, 0.1) is 11.4 Å². The molecule has 2 aromatic carbocycles. The van der Waals surface area contributed by atoms with Gasteiger partial charge in [0.2, 0.25) is 15.9 Å². The number of benzene rings is 2. The molecular weight excluding hydrogens is 336 g/mol. The van der Waals surface area contributed by atoms with Crippen LogP contribution in [-0.2, 0) is 14.8 Å². The van der Waals surface area contributed by atoms with Crippen LogP contribution in [0.25, 0.3) is 0 Å². The van der Waals surface area contributed by atoms with Crippen molar-refractivity contribution >= 4 is 21.6 Å². The smallest absolute Gasteiger partial charge is 0.243 e. The number of likely N-dealkylation sites (N-methyl/N-ethyl adjacent to an activating group) is 1. The number of hydrogen-bond donors (Lipinski definition) is 1. The van der Waals surface area contributed by atoms with Crippen LogP contribution in [0.3, 0.4) is 0 Å². The van der Waals surface area contributed by atoms with Crippen molar-refractivity contribution in [3.8, 4) is 0 Å². The molecule has 0 atom stereocenters. The molecule has 0 aliphatic rings. The first-order chi connectivity index (χ1) is 11.6. The lowest BCUT2D eigenvalue weighted by Crippen LogP contribution is -2.35. The van der Waals surface area contributed by atoms with Crippen LogP contribution in [0.1, 0.15) is 22.3 Å². The van der Waals surface area contributed by atoms with Crippen LogP contribution in [0.15, 0.2) is 41.3 Å². The Hall–Kier alpha value is -2.18. The van der Waals surface area contributed by atoms with Gasteiger partial charge in [0, 0.05) is 12.7 Å². The molecule has 2 aromatic rings. The third-order valence-corrected chi connectivity index (χ3v) is 6.02. The van der Waals surface area contributed by atoms with E-state index in [1.807, 2.05) is 45.0 Å². The standard InChI is InChI=1S/C19H24N2O3S/c1-13-7-9-18(16(4)10-13)25(23,24)21(5)12-19(22)20-17-11-14(2)6-8-15(17)3/h6-11H,12H2,1-5H3,(H,20,22). The Labute approximate surface area is 149 Å². The highest BCUT2D eigenvalue weighted by Gasteiger charge is 2.24. The fourth-order valence-electron chi connectivity index (χ4n) is 2.60. The number of aryl methyl sites for hydroxylation is 4. The predicted octanol–water partition coefficient (Wildman–Crippen LogP) is 3.18. The van der Waals surface area contributed by atoms with Crippen molar-refractivity contribution in [2.45, 2.75) is 32.6 Å². The Morgan fingerprint density at radius 3 is 2.20 bits per heavy atom. The summed E-state index contributed by atoms with van der Waals surface area (Å²) in [4.78, 5) is 12.5. The lowest BCUT2D eigenvalue weighted by molar-refractivity contribution is -0.116. The molecule has 0 aromatic heterocycles. The van der Waals surface area contributed by atoms with Gasteiger partial charge in [-0.1, -0.05) is 29.8 Å². The van der Waals surface area contributed by atoms with Crippen LogP contribution in [0.4, 0.5) is 5.69 Å². The second kappa shape index (κ2) is 7.37. The number of hydrogen-bond acceptors (Lipinski definition) is 3. The van der Waals surface area contributed by atoms with Crippen molar-refractivity contribution in [3.05, 3.63) is 58.7 Å². The first-order valence-electron chi connectivity index (χ1n) is 8.02. The van der Waals surface area contributed by atoms with E-state index in [0.29, 0.717) is 11.3 Å². The van der Waals surface area contributed by atoms with Crippen LogP contribution in [0.5, 0.6) is 0 Å². The topological polar surface area (TPSA) is 66.5 Å². The highest BCUT2D eigenvalue weighted by atomic mass is 32.2. The van der Waals surface area contributed by atoms with Crippen molar-refractivity contribution in [1.29, 1.82) is 0 Å². The summed E-state index contributed by atoms with van der Waals surface area (Å²) in [7, 11) is -2.31. The first kappa shape index (κ1) is 19.1. The van der Waals surface area contributed by atoms with E-state index in [1.165, 1.54) is 7.05 Å². The van der Waals surface area contributed by atoms with E-state index in [-0.39, 0.29) is 17.3 Å².